The van der Waals surface area contributed by atoms with Gasteiger partial charge < -0.3 is 5.73 Å². The topological polar surface area (TPSA) is 38.9 Å². The van der Waals surface area contributed by atoms with E-state index >= 15 is 0 Å². The van der Waals surface area contributed by atoms with Crippen LogP contribution in [0.5, 0.6) is 0 Å². The molecule has 0 radical (unpaired) electrons. The van der Waals surface area contributed by atoms with Gasteiger partial charge in [-0.3, -0.25) is 4.98 Å². The summed E-state index contributed by atoms with van der Waals surface area (Å²) in [7, 11) is 0. The lowest BCUT2D eigenvalue weighted by molar-refractivity contribution is 0.619. The molecule has 0 spiro atoms. The molecule has 1 heterocycles. The standard InChI is InChI=1S/C12H11FN2/c1-8-2-3-9(6-11(8)13)10-7-15-5-4-12(10)14/h2-7H,1H3,(H2,14,15). The van der Waals surface area contributed by atoms with Gasteiger partial charge >= 0.3 is 0 Å². The first-order valence-electron chi connectivity index (χ1n) is 4.64. The van der Waals surface area contributed by atoms with Gasteiger partial charge in [0.2, 0.25) is 0 Å². The van der Waals surface area contributed by atoms with Crippen LogP contribution in [0.3, 0.4) is 0 Å². The molecule has 3 heteroatoms. The van der Waals surface area contributed by atoms with E-state index in [9.17, 15) is 4.39 Å². The molecule has 0 fully saturated rings. The van der Waals surface area contributed by atoms with Crippen LogP contribution in [-0.4, -0.2) is 4.98 Å². The van der Waals surface area contributed by atoms with Gasteiger partial charge in [0.15, 0.2) is 0 Å². The highest BCUT2D eigenvalue weighted by Gasteiger charge is 2.04. The first-order chi connectivity index (χ1) is 7.18. The van der Waals surface area contributed by atoms with Crippen LogP contribution in [0.25, 0.3) is 11.1 Å². The van der Waals surface area contributed by atoms with Gasteiger partial charge in [-0.1, -0.05) is 12.1 Å². The van der Waals surface area contributed by atoms with Crippen LogP contribution >= 0.6 is 0 Å². The summed E-state index contributed by atoms with van der Waals surface area (Å²) in [5.41, 5.74) is 8.52. The number of hydrogen-bond acceptors (Lipinski definition) is 2. The molecular formula is C12H11FN2. The molecular weight excluding hydrogens is 191 g/mol. The average molecular weight is 202 g/mol. The van der Waals surface area contributed by atoms with Crippen molar-refractivity contribution < 1.29 is 4.39 Å². The number of nitrogens with two attached hydrogens (primary N) is 1. The van der Waals surface area contributed by atoms with Crippen LogP contribution in [0, 0.1) is 12.7 Å². The third kappa shape index (κ3) is 1.81. The minimum atomic E-state index is -0.226. The van der Waals surface area contributed by atoms with E-state index in [0.717, 1.165) is 11.1 Å². The lowest BCUT2D eigenvalue weighted by atomic mass is 10.0. The summed E-state index contributed by atoms with van der Waals surface area (Å²) in [6.07, 6.45) is 3.25. The predicted octanol–water partition coefficient (Wildman–Crippen LogP) is 2.78. The number of pyridine rings is 1. The molecule has 2 N–H and O–H groups in total. The second-order valence-corrected chi connectivity index (χ2v) is 3.43. The lowest BCUT2D eigenvalue weighted by Crippen LogP contribution is -1.92. The molecule has 0 unspecified atom stereocenters. The molecule has 0 aliphatic rings. The molecule has 15 heavy (non-hydrogen) atoms. The van der Waals surface area contributed by atoms with Crippen molar-refractivity contribution in [1.82, 2.24) is 4.98 Å². The molecule has 1 aromatic carbocycles. The van der Waals surface area contributed by atoms with Crippen molar-refractivity contribution >= 4 is 5.69 Å². The van der Waals surface area contributed by atoms with Crippen LogP contribution in [0.15, 0.2) is 36.7 Å². The molecule has 0 saturated heterocycles. The van der Waals surface area contributed by atoms with E-state index in [1.165, 1.54) is 6.07 Å². The molecule has 0 atom stereocenters. The first kappa shape index (κ1) is 9.65. The summed E-state index contributed by atoms with van der Waals surface area (Å²) in [6, 6.07) is 6.75. The summed E-state index contributed by atoms with van der Waals surface area (Å²) in [5, 5.41) is 0. The number of aromatic nitrogens is 1. The van der Waals surface area contributed by atoms with Crippen molar-refractivity contribution in [3.8, 4) is 11.1 Å². The second kappa shape index (κ2) is 3.69. The molecule has 0 aliphatic carbocycles. The van der Waals surface area contributed by atoms with E-state index in [1.54, 1.807) is 31.5 Å². The van der Waals surface area contributed by atoms with Crippen LogP contribution in [-0.2, 0) is 0 Å². The van der Waals surface area contributed by atoms with E-state index in [0.29, 0.717) is 11.3 Å². The van der Waals surface area contributed by atoms with E-state index < -0.39 is 0 Å². The average Bonchev–Trinajstić information content (AvgIpc) is 2.23. The second-order valence-electron chi connectivity index (χ2n) is 3.43. The maximum atomic E-state index is 13.3. The maximum Gasteiger partial charge on any atom is 0.126 e. The Morgan fingerprint density at radius 2 is 2.07 bits per heavy atom. The van der Waals surface area contributed by atoms with E-state index in [4.69, 9.17) is 5.73 Å². The molecule has 0 bridgehead atoms. The maximum absolute atomic E-state index is 13.3. The summed E-state index contributed by atoms with van der Waals surface area (Å²) in [5.74, 6) is -0.226. The van der Waals surface area contributed by atoms with Crippen LogP contribution in [0.2, 0.25) is 0 Å². The Bertz CT molecular complexity index is 495. The number of halogens is 1. The smallest absolute Gasteiger partial charge is 0.126 e. The normalized spacial score (nSPS) is 10.3. The van der Waals surface area contributed by atoms with Crippen molar-refractivity contribution in [2.45, 2.75) is 6.92 Å². The summed E-state index contributed by atoms with van der Waals surface area (Å²) >= 11 is 0. The minimum absolute atomic E-state index is 0.226. The van der Waals surface area contributed by atoms with Gasteiger partial charge in [-0.15, -0.1) is 0 Å². The molecule has 2 nitrogen and oxygen atoms in total. The van der Waals surface area contributed by atoms with Gasteiger partial charge in [0, 0.05) is 23.6 Å². The molecule has 76 valence electrons. The van der Waals surface area contributed by atoms with Crippen LogP contribution in [0.4, 0.5) is 10.1 Å². The van der Waals surface area contributed by atoms with E-state index in [2.05, 4.69) is 4.98 Å². The molecule has 2 aromatic rings. The summed E-state index contributed by atoms with van der Waals surface area (Å²) in [4.78, 5) is 3.97. The summed E-state index contributed by atoms with van der Waals surface area (Å²) in [6.45, 7) is 1.73. The van der Waals surface area contributed by atoms with Gasteiger partial charge in [-0.25, -0.2) is 4.39 Å². The molecule has 0 amide bonds. The number of benzene rings is 1. The number of hydrogen-bond donors (Lipinski definition) is 1. The number of nitrogens with zero attached hydrogens (tertiary/aromatic N) is 1. The molecule has 0 saturated carbocycles. The zero-order valence-corrected chi connectivity index (χ0v) is 8.37. The van der Waals surface area contributed by atoms with E-state index in [-0.39, 0.29) is 5.82 Å². The number of rotatable bonds is 1. The Balaban J connectivity index is 2.55. The molecule has 1 aromatic heterocycles. The zero-order valence-electron chi connectivity index (χ0n) is 8.37. The lowest BCUT2D eigenvalue weighted by Gasteiger charge is -2.05. The van der Waals surface area contributed by atoms with Gasteiger partial charge in [0.05, 0.1) is 0 Å². The van der Waals surface area contributed by atoms with Gasteiger partial charge in [-0.2, -0.15) is 0 Å². The summed E-state index contributed by atoms with van der Waals surface area (Å²) < 4.78 is 13.3. The van der Waals surface area contributed by atoms with Crippen LogP contribution < -0.4 is 5.73 Å². The van der Waals surface area contributed by atoms with Crippen molar-refractivity contribution in [1.29, 1.82) is 0 Å². The highest BCUT2D eigenvalue weighted by atomic mass is 19.1. The largest absolute Gasteiger partial charge is 0.398 e. The molecule has 0 aliphatic heterocycles. The van der Waals surface area contributed by atoms with Gasteiger partial charge in [-0.05, 0) is 30.2 Å². The predicted molar refractivity (Wildman–Crippen MR) is 58.8 cm³/mol. The van der Waals surface area contributed by atoms with Crippen molar-refractivity contribution in [2.24, 2.45) is 0 Å². The zero-order chi connectivity index (χ0) is 10.8. The fourth-order valence-corrected chi connectivity index (χ4v) is 1.41. The number of nitrogen functional groups attached to an aromatic ring is 1. The van der Waals surface area contributed by atoms with Crippen molar-refractivity contribution in [3.05, 3.63) is 48.0 Å². The Labute approximate surface area is 87.6 Å². The fourth-order valence-electron chi connectivity index (χ4n) is 1.41. The first-order valence-corrected chi connectivity index (χ1v) is 4.64. The number of aryl methyl sites for hydroxylation is 1. The molecule has 2 rings (SSSR count). The van der Waals surface area contributed by atoms with E-state index in [1.807, 2.05) is 6.07 Å². The van der Waals surface area contributed by atoms with Crippen molar-refractivity contribution in [2.75, 3.05) is 5.73 Å². The highest BCUT2D eigenvalue weighted by Crippen LogP contribution is 2.25. The Morgan fingerprint density at radius 1 is 1.27 bits per heavy atom. The third-order valence-electron chi connectivity index (χ3n) is 2.34. The fraction of sp³-hybridized carbons (Fsp3) is 0.0833. The van der Waals surface area contributed by atoms with Gasteiger partial charge in [0.25, 0.3) is 0 Å². The monoisotopic (exact) mass is 202 g/mol. The van der Waals surface area contributed by atoms with Gasteiger partial charge in [0.1, 0.15) is 5.82 Å². The minimum Gasteiger partial charge on any atom is -0.398 e. The Kier molecular flexibility index (Phi) is 2.37. The van der Waals surface area contributed by atoms with Crippen LogP contribution in [0.1, 0.15) is 5.56 Å². The quantitative estimate of drug-likeness (QED) is 0.772. The van der Waals surface area contributed by atoms with Crippen molar-refractivity contribution in [3.63, 3.8) is 0 Å². The number of anilines is 1. The highest BCUT2D eigenvalue weighted by molar-refractivity contribution is 5.75. The SMILES string of the molecule is Cc1ccc(-c2cnccc2N)cc1F. The Hall–Kier alpha value is -1.90. The Morgan fingerprint density at radius 3 is 2.73 bits per heavy atom. The third-order valence-corrected chi connectivity index (χ3v) is 2.34.